The van der Waals surface area contributed by atoms with Crippen LogP contribution in [0.5, 0.6) is 5.75 Å². The normalized spacial score (nSPS) is 14.7. The summed E-state index contributed by atoms with van der Waals surface area (Å²) in [5, 5.41) is 6.44. The van der Waals surface area contributed by atoms with Crippen molar-refractivity contribution in [1.29, 1.82) is 0 Å². The summed E-state index contributed by atoms with van der Waals surface area (Å²) >= 11 is 0. The largest absolute Gasteiger partial charge is 0.497 e. The molecule has 0 spiro atoms. The topological polar surface area (TPSA) is 103 Å². The number of carbonyl (C=O) groups excluding carboxylic acids is 1. The van der Waals surface area contributed by atoms with Crippen LogP contribution in [0.1, 0.15) is 23.5 Å². The van der Waals surface area contributed by atoms with E-state index < -0.39 is 0 Å². The Kier molecular flexibility index (Phi) is 5.57. The van der Waals surface area contributed by atoms with E-state index in [1.165, 1.54) is 0 Å². The fourth-order valence-electron chi connectivity index (χ4n) is 2.17. The van der Waals surface area contributed by atoms with Gasteiger partial charge < -0.3 is 20.3 Å². The predicted molar refractivity (Wildman–Crippen MR) is 86.6 cm³/mol. The predicted octanol–water partition coefficient (Wildman–Crippen LogP) is 1.63. The number of rotatable bonds is 6. The molecule has 1 fully saturated rings. The van der Waals surface area contributed by atoms with Crippen LogP contribution in [0.15, 0.2) is 28.8 Å². The highest BCUT2D eigenvalue weighted by Gasteiger charge is 2.29. The van der Waals surface area contributed by atoms with Gasteiger partial charge in [0.2, 0.25) is 0 Å². The van der Waals surface area contributed by atoms with Crippen LogP contribution in [0.3, 0.4) is 0 Å². The van der Waals surface area contributed by atoms with E-state index in [-0.39, 0.29) is 36.1 Å². The number of carbonyl (C=O) groups is 1. The highest BCUT2D eigenvalue weighted by Crippen LogP contribution is 2.31. The van der Waals surface area contributed by atoms with Crippen molar-refractivity contribution >= 4 is 18.3 Å². The van der Waals surface area contributed by atoms with Gasteiger partial charge in [-0.2, -0.15) is 4.98 Å². The Labute approximate surface area is 140 Å². The molecule has 1 saturated carbocycles. The molecular formula is C15H19ClN4O3. The number of benzene rings is 1. The van der Waals surface area contributed by atoms with Gasteiger partial charge in [-0.1, -0.05) is 11.2 Å². The minimum absolute atomic E-state index is 0. The molecule has 23 heavy (non-hydrogen) atoms. The molecule has 124 valence electrons. The third-order valence-electron chi connectivity index (χ3n) is 3.67. The van der Waals surface area contributed by atoms with E-state index in [1.807, 2.05) is 12.1 Å². The van der Waals surface area contributed by atoms with Gasteiger partial charge in [0.25, 0.3) is 17.6 Å². The number of nitrogens with zero attached hydrogens (tertiary/aromatic N) is 2. The molecule has 1 aromatic carbocycles. The monoisotopic (exact) mass is 338 g/mol. The number of nitrogens with one attached hydrogen (secondary N) is 1. The molecule has 1 aromatic heterocycles. The van der Waals surface area contributed by atoms with Gasteiger partial charge in [0.15, 0.2) is 0 Å². The summed E-state index contributed by atoms with van der Waals surface area (Å²) in [5.74, 6) is 1.10. The summed E-state index contributed by atoms with van der Waals surface area (Å²) in [4.78, 5) is 16.1. The van der Waals surface area contributed by atoms with Crippen molar-refractivity contribution in [3.05, 3.63) is 30.1 Å². The van der Waals surface area contributed by atoms with Crippen LogP contribution in [0.25, 0.3) is 11.5 Å². The third-order valence-corrected chi connectivity index (χ3v) is 3.67. The van der Waals surface area contributed by atoms with Crippen molar-refractivity contribution < 1.29 is 14.1 Å². The van der Waals surface area contributed by atoms with Crippen molar-refractivity contribution in [3.8, 4) is 17.2 Å². The standard InChI is InChI=1S/C15H18N4O3.ClH/c1-21-11-4-2-3-10(7-11)15-18-13(19-22-15)14(20)17-8-12(16)9-5-6-9;/h2-4,7,9,12H,5-6,8,16H2,1H3,(H,17,20);1H. The molecule has 3 N–H and O–H groups in total. The van der Waals surface area contributed by atoms with Gasteiger partial charge in [-0.3, -0.25) is 4.79 Å². The van der Waals surface area contributed by atoms with Crippen LogP contribution in [0.2, 0.25) is 0 Å². The first-order valence-corrected chi connectivity index (χ1v) is 7.19. The summed E-state index contributed by atoms with van der Waals surface area (Å²) in [5.41, 5.74) is 6.64. The van der Waals surface area contributed by atoms with E-state index in [1.54, 1.807) is 19.2 Å². The van der Waals surface area contributed by atoms with Gasteiger partial charge in [0.1, 0.15) is 5.75 Å². The fourth-order valence-corrected chi connectivity index (χ4v) is 2.17. The number of nitrogens with two attached hydrogens (primary N) is 1. The van der Waals surface area contributed by atoms with E-state index in [0.29, 0.717) is 23.8 Å². The van der Waals surface area contributed by atoms with E-state index in [4.69, 9.17) is 15.0 Å². The number of methoxy groups -OCH3 is 1. The first kappa shape index (κ1) is 17.2. The number of hydrogen-bond acceptors (Lipinski definition) is 6. The molecule has 7 nitrogen and oxygen atoms in total. The SMILES string of the molecule is COc1cccc(-c2nc(C(=O)NCC(N)C3CC3)no2)c1.Cl. The highest BCUT2D eigenvalue weighted by atomic mass is 35.5. The second-order valence-electron chi connectivity index (χ2n) is 5.37. The number of hydrogen-bond donors (Lipinski definition) is 2. The van der Waals surface area contributed by atoms with E-state index in [9.17, 15) is 4.79 Å². The zero-order valence-electron chi connectivity index (χ0n) is 12.7. The third kappa shape index (κ3) is 4.20. The molecule has 0 aliphatic heterocycles. The van der Waals surface area contributed by atoms with Crippen LogP contribution >= 0.6 is 12.4 Å². The Morgan fingerprint density at radius 3 is 3.00 bits per heavy atom. The maximum atomic E-state index is 12.0. The van der Waals surface area contributed by atoms with Crippen molar-refractivity contribution in [2.24, 2.45) is 11.7 Å². The minimum atomic E-state index is -0.381. The molecule has 1 unspecified atom stereocenters. The van der Waals surface area contributed by atoms with Gasteiger partial charge in [-0.15, -0.1) is 12.4 Å². The molecule has 1 atom stereocenters. The van der Waals surface area contributed by atoms with E-state index in [0.717, 1.165) is 12.8 Å². The first-order valence-electron chi connectivity index (χ1n) is 7.19. The maximum absolute atomic E-state index is 12.0. The van der Waals surface area contributed by atoms with Crippen LogP contribution in [0, 0.1) is 5.92 Å². The Bertz CT molecular complexity index is 672. The molecule has 8 heteroatoms. The van der Waals surface area contributed by atoms with Gasteiger partial charge >= 0.3 is 0 Å². The lowest BCUT2D eigenvalue weighted by atomic mass is 10.2. The zero-order valence-corrected chi connectivity index (χ0v) is 13.5. The molecule has 1 heterocycles. The Balaban J connectivity index is 0.00000192. The zero-order chi connectivity index (χ0) is 15.5. The molecule has 2 aromatic rings. The van der Waals surface area contributed by atoms with Crippen molar-refractivity contribution in [1.82, 2.24) is 15.5 Å². The maximum Gasteiger partial charge on any atom is 0.292 e. The summed E-state index contributed by atoms with van der Waals surface area (Å²) in [6, 6.07) is 7.19. The Hall–Kier alpha value is -2.12. The highest BCUT2D eigenvalue weighted by molar-refractivity contribution is 5.90. The molecule has 0 saturated heterocycles. The summed E-state index contributed by atoms with van der Waals surface area (Å²) < 4.78 is 10.3. The summed E-state index contributed by atoms with van der Waals surface area (Å²) in [6.45, 7) is 0.423. The quantitative estimate of drug-likeness (QED) is 0.829. The lowest BCUT2D eigenvalue weighted by molar-refractivity contribution is 0.0937. The van der Waals surface area contributed by atoms with Crippen LogP contribution in [-0.4, -0.2) is 35.7 Å². The Morgan fingerprint density at radius 2 is 2.30 bits per heavy atom. The van der Waals surface area contributed by atoms with Gasteiger partial charge in [0.05, 0.1) is 7.11 Å². The molecular weight excluding hydrogens is 320 g/mol. The first-order chi connectivity index (χ1) is 10.7. The van der Waals surface area contributed by atoms with Crippen LogP contribution < -0.4 is 15.8 Å². The number of amides is 1. The molecule has 1 aliphatic carbocycles. The summed E-state index contributed by atoms with van der Waals surface area (Å²) in [6.07, 6.45) is 2.28. The van der Waals surface area contributed by atoms with Crippen LogP contribution in [-0.2, 0) is 0 Å². The average molecular weight is 339 g/mol. The smallest absolute Gasteiger partial charge is 0.292 e. The lowest BCUT2D eigenvalue weighted by Crippen LogP contribution is -2.38. The summed E-state index contributed by atoms with van der Waals surface area (Å²) in [7, 11) is 1.58. The van der Waals surface area contributed by atoms with Gasteiger partial charge in [0, 0.05) is 18.2 Å². The second kappa shape index (κ2) is 7.43. The number of halogens is 1. The van der Waals surface area contributed by atoms with Crippen molar-refractivity contribution in [2.75, 3.05) is 13.7 Å². The molecule has 0 radical (unpaired) electrons. The van der Waals surface area contributed by atoms with Crippen LogP contribution in [0.4, 0.5) is 0 Å². The number of ether oxygens (including phenoxy) is 1. The lowest BCUT2D eigenvalue weighted by Gasteiger charge is -2.09. The van der Waals surface area contributed by atoms with E-state index >= 15 is 0 Å². The van der Waals surface area contributed by atoms with Gasteiger partial charge in [-0.05, 0) is 37.0 Å². The average Bonchev–Trinajstić information content (AvgIpc) is 3.29. The van der Waals surface area contributed by atoms with Crippen molar-refractivity contribution in [2.45, 2.75) is 18.9 Å². The second-order valence-corrected chi connectivity index (χ2v) is 5.37. The van der Waals surface area contributed by atoms with Crippen molar-refractivity contribution in [3.63, 3.8) is 0 Å². The number of aromatic nitrogens is 2. The van der Waals surface area contributed by atoms with Gasteiger partial charge in [-0.25, -0.2) is 0 Å². The molecule has 0 bridgehead atoms. The minimum Gasteiger partial charge on any atom is -0.497 e. The van der Waals surface area contributed by atoms with E-state index in [2.05, 4.69) is 15.5 Å². The molecule has 1 amide bonds. The Morgan fingerprint density at radius 1 is 1.52 bits per heavy atom. The fraction of sp³-hybridized carbons (Fsp3) is 0.400. The molecule has 3 rings (SSSR count). The molecule has 1 aliphatic rings.